The number of thiazole rings is 1. The topological polar surface area (TPSA) is 48.5 Å². The van der Waals surface area contributed by atoms with Gasteiger partial charge in [0.25, 0.3) is 5.91 Å². The summed E-state index contributed by atoms with van der Waals surface area (Å²) in [5.41, 5.74) is 3.84. The number of aromatic nitrogens is 1. The molecule has 0 aliphatic carbocycles. The summed E-state index contributed by atoms with van der Waals surface area (Å²) in [6, 6.07) is 14.8. The number of piperazine rings is 1. The zero-order chi connectivity index (χ0) is 20.9. The third-order valence-electron chi connectivity index (χ3n) is 5.28. The Morgan fingerprint density at radius 1 is 1.07 bits per heavy atom. The highest BCUT2D eigenvalue weighted by Crippen LogP contribution is 2.19. The summed E-state index contributed by atoms with van der Waals surface area (Å²) in [4.78, 5) is 21.6. The highest BCUT2D eigenvalue weighted by molar-refractivity contribution is 7.09. The Labute approximate surface area is 180 Å². The molecule has 1 aliphatic rings. The highest BCUT2D eigenvalue weighted by atomic mass is 32.1. The van der Waals surface area contributed by atoms with Gasteiger partial charge in [-0.25, -0.2) is 9.37 Å². The van der Waals surface area contributed by atoms with E-state index in [1.165, 1.54) is 34.7 Å². The largest absolute Gasteiger partial charge is 0.369 e. The van der Waals surface area contributed by atoms with E-state index >= 15 is 0 Å². The summed E-state index contributed by atoms with van der Waals surface area (Å²) >= 11 is 1.52. The second kappa shape index (κ2) is 9.36. The highest BCUT2D eigenvalue weighted by Gasteiger charge is 2.19. The Balaban J connectivity index is 1.26. The molecule has 0 unspecified atom stereocenters. The van der Waals surface area contributed by atoms with Gasteiger partial charge in [-0.1, -0.05) is 29.8 Å². The fourth-order valence-electron chi connectivity index (χ4n) is 3.47. The maximum absolute atomic E-state index is 13.0. The molecule has 1 aliphatic heterocycles. The second-order valence-electron chi connectivity index (χ2n) is 7.53. The van der Waals surface area contributed by atoms with Crippen LogP contribution in [0, 0.1) is 12.7 Å². The molecule has 0 atom stereocenters. The van der Waals surface area contributed by atoms with Crippen molar-refractivity contribution in [2.75, 3.05) is 31.1 Å². The summed E-state index contributed by atoms with van der Waals surface area (Å²) in [6.07, 6.45) is 0. The van der Waals surface area contributed by atoms with Crippen LogP contribution < -0.4 is 10.2 Å². The monoisotopic (exact) mass is 424 g/mol. The van der Waals surface area contributed by atoms with Gasteiger partial charge in [0, 0.05) is 43.8 Å². The molecule has 7 heteroatoms. The Bertz CT molecular complexity index is 979. The summed E-state index contributed by atoms with van der Waals surface area (Å²) in [7, 11) is 0. The quantitative estimate of drug-likeness (QED) is 0.653. The molecule has 0 radical (unpaired) electrons. The molecule has 2 aromatic carbocycles. The van der Waals surface area contributed by atoms with Crippen LogP contribution in [-0.4, -0.2) is 42.0 Å². The lowest BCUT2D eigenvalue weighted by Crippen LogP contribution is -2.45. The number of hydrogen-bond donors (Lipinski definition) is 1. The fourth-order valence-corrected chi connectivity index (χ4v) is 4.29. The van der Waals surface area contributed by atoms with E-state index in [0.717, 1.165) is 43.3 Å². The van der Waals surface area contributed by atoms with Crippen LogP contribution in [0.15, 0.2) is 53.9 Å². The predicted molar refractivity (Wildman–Crippen MR) is 118 cm³/mol. The van der Waals surface area contributed by atoms with Crippen LogP contribution in [0.3, 0.4) is 0 Å². The van der Waals surface area contributed by atoms with Crippen molar-refractivity contribution in [1.29, 1.82) is 0 Å². The number of nitrogens with one attached hydrogen (secondary N) is 1. The van der Waals surface area contributed by atoms with Crippen LogP contribution in [0.1, 0.15) is 26.6 Å². The maximum Gasteiger partial charge on any atom is 0.271 e. The van der Waals surface area contributed by atoms with Crippen LogP contribution in [0.4, 0.5) is 10.1 Å². The van der Waals surface area contributed by atoms with Gasteiger partial charge in [0.15, 0.2) is 0 Å². The molecule has 0 saturated carbocycles. The van der Waals surface area contributed by atoms with E-state index < -0.39 is 0 Å². The molecule has 0 bridgehead atoms. The van der Waals surface area contributed by atoms with Crippen LogP contribution in [0.2, 0.25) is 0 Å². The van der Waals surface area contributed by atoms with E-state index in [-0.39, 0.29) is 11.7 Å². The zero-order valence-corrected chi connectivity index (χ0v) is 17.8. The van der Waals surface area contributed by atoms with E-state index in [2.05, 4.69) is 51.3 Å². The number of carbonyl (C=O) groups excluding carboxylic acids is 1. The van der Waals surface area contributed by atoms with E-state index in [9.17, 15) is 9.18 Å². The number of anilines is 1. The Morgan fingerprint density at radius 2 is 1.77 bits per heavy atom. The summed E-state index contributed by atoms with van der Waals surface area (Å²) in [6.45, 7) is 7.13. The number of nitrogens with zero attached hydrogens (tertiary/aromatic N) is 3. The Kier molecular flexibility index (Phi) is 6.40. The molecule has 2 heterocycles. The molecular formula is C23H25FN4OS. The molecule has 1 N–H and O–H groups in total. The fraction of sp³-hybridized carbons (Fsp3) is 0.304. The molecule has 4 rings (SSSR count). The van der Waals surface area contributed by atoms with Gasteiger partial charge in [-0.3, -0.25) is 9.69 Å². The summed E-state index contributed by atoms with van der Waals surface area (Å²) in [5, 5.41) is 5.60. The zero-order valence-electron chi connectivity index (χ0n) is 17.0. The van der Waals surface area contributed by atoms with Crippen LogP contribution in [0.5, 0.6) is 0 Å². The second-order valence-corrected chi connectivity index (χ2v) is 8.48. The number of aryl methyl sites for hydroxylation is 1. The van der Waals surface area contributed by atoms with Gasteiger partial charge in [-0.05, 0) is 36.8 Å². The molecule has 156 valence electrons. The minimum Gasteiger partial charge on any atom is -0.369 e. The van der Waals surface area contributed by atoms with Crippen LogP contribution in [-0.2, 0) is 13.1 Å². The first kappa shape index (κ1) is 20.5. The molecule has 3 aromatic rings. The van der Waals surface area contributed by atoms with Gasteiger partial charge < -0.3 is 10.2 Å². The van der Waals surface area contributed by atoms with Crippen LogP contribution in [0.25, 0.3) is 0 Å². The van der Waals surface area contributed by atoms with E-state index in [1.54, 1.807) is 17.5 Å². The Morgan fingerprint density at radius 3 is 2.47 bits per heavy atom. The minimum absolute atomic E-state index is 0.203. The van der Waals surface area contributed by atoms with Crippen molar-refractivity contribution < 1.29 is 9.18 Å². The average Bonchev–Trinajstić information content (AvgIpc) is 3.23. The number of rotatable bonds is 6. The number of carbonyl (C=O) groups is 1. The Hall–Kier alpha value is -2.77. The standard InChI is InChI=1S/C23H25FN4OS/c1-17-2-8-20(9-3-17)28-12-10-27(11-13-28)15-22-26-21(16-30-22)23(29)25-14-18-4-6-19(24)7-5-18/h2-9,16H,10-15H2,1H3,(H,25,29). The summed E-state index contributed by atoms with van der Waals surface area (Å²) < 4.78 is 13.0. The van der Waals surface area contributed by atoms with Crippen molar-refractivity contribution in [3.05, 3.63) is 81.6 Å². The van der Waals surface area contributed by atoms with Gasteiger partial charge >= 0.3 is 0 Å². The van der Waals surface area contributed by atoms with Gasteiger partial charge in [0.2, 0.25) is 0 Å². The first-order valence-electron chi connectivity index (χ1n) is 10.1. The summed E-state index contributed by atoms with van der Waals surface area (Å²) in [5.74, 6) is -0.486. The molecule has 30 heavy (non-hydrogen) atoms. The van der Waals surface area contributed by atoms with Crippen molar-refractivity contribution in [3.63, 3.8) is 0 Å². The molecule has 1 amide bonds. The van der Waals surface area contributed by atoms with Gasteiger partial charge in [-0.2, -0.15) is 0 Å². The first-order chi connectivity index (χ1) is 14.6. The first-order valence-corrected chi connectivity index (χ1v) is 11.0. The average molecular weight is 425 g/mol. The predicted octanol–water partition coefficient (Wildman–Crippen LogP) is 3.84. The number of benzene rings is 2. The van der Waals surface area contributed by atoms with E-state index in [0.29, 0.717) is 12.2 Å². The molecule has 1 fully saturated rings. The van der Waals surface area contributed by atoms with Gasteiger partial charge in [-0.15, -0.1) is 11.3 Å². The van der Waals surface area contributed by atoms with E-state index in [1.807, 2.05) is 0 Å². The lowest BCUT2D eigenvalue weighted by atomic mass is 10.2. The normalized spacial score (nSPS) is 14.7. The lowest BCUT2D eigenvalue weighted by molar-refractivity contribution is 0.0946. The number of hydrogen-bond acceptors (Lipinski definition) is 5. The van der Waals surface area contributed by atoms with E-state index in [4.69, 9.17) is 0 Å². The molecule has 1 saturated heterocycles. The smallest absolute Gasteiger partial charge is 0.271 e. The molecule has 1 aromatic heterocycles. The van der Waals surface area contributed by atoms with Crippen molar-refractivity contribution in [3.8, 4) is 0 Å². The van der Waals surface area contributed by atoms with Gasteiger partial charge in [0.1, 0.15) is 16.5 Å². The van der Waals surface area contributed by atoms with Crippen molar-refractivity contribution in [2.24, 2.45) is 0 Å². The minimum atomic E-state index is -0.283. The number of halogens is 1. The van der Waals surface area contributed by atoms with Crippen molar-refractivity contribution in [2.45, 2.75) is 20.0 Å². The number of amides is 1. The lowest BCUT2D eigenvalue weighted by Gasteiger charge is -2.35. The molecular weight excluding hydrogens is 399 g/mol. The molecule has 0 spiro atoms. The van der Waals surface area contributed by atoms with Crippen molar-refractivity contribution >= 4 is 22.9 Å². The van der Waals surface area contributed by atoms with Crippen LogP contribution >= 0.6 is 11.3 Å². The van der Waals surface area contributed by atoms with Crippen molar-refractivity contribution in [1.82, 2.24) is 15.2 Å². The molecule has 5 nitrogen and oxygen atoms in total. The van der Waals surface area contributed by atoms with Gasteiger partial charge in [0.05, 0.1) is 6.54 Å². The third-order valence-corrected chi connectivity index (χ3v) is 6.11. The third kappa shape index (κ3) is 5.23. The SMILES string of the molecule is Cc1ccc(N2CCN(Cc3nc(C(=O)NCc4ccc(F)cc4)cs3)CC2)cc1. The maximum atomic E-state index is 13.0.